The minimum Gasteiger partial charge on any atom is -0.462 e. The highest BCUT2D eigenvalue weighted by Crippen LogP contribution is 2.42. The lowest BCUT2D eigenvalue weighted by atomic mass is 10.1. The molecular weight excluding hydrogens is 456 g/mol. The SMILES string of the molecule is CCOC(=O)c1ccc2c(c1)N(Cc1nc(-c3cccs3)oc1C)C(=O)c1ccccc1S2. The molecule has 0 saturated heterocycles. The summed E-state index contributed by atoms with van der Waals surface area (Å²) in [6.45, 7) is 4.11. The minimum absolute atomic E-state index is 0.155. The van der Waals surface area contributed by atoms with Crippen molar-refractivity contribution in [3.8, 4) is 10.8 Å². The van der Waals surface area contributed by atoms with E-state index >= 15 is 0 Å². The summed E-state index contributed by atoms with van der Waals surface area (Å²) >= 11 is 3.05. The molecule has 0 bridgehead atoms. The van der Waals surface area contributed by atoms with E-state index in [1.165, 1.54) is 11.8 Å². The lowest BCUT2D eigenvalue weighted by Crippen LogP contribution is -2.31. The van der Waals surface area contributed by atoms with Crippen LogP contribution in [0.25, 0.3) is 10.8 Å². The summed E-state index contributed by atoms with van der Waals surface area (Å²) in [6, 6.07) is 16.7. The minimum atomic E-state index is -0.419. The Balaban J connectivity index is 1.60. The van der Waals surface area contributed by atoms with Crippen LogP contribution < -0.4 is 4.90 Å². The Kier molecular flexibility index (Phi) is 5.78. The molecule has 0 spiro atoms. The van der Waals surface area contributed by atoms with Gasteiger partial charge in [-0.05, 0) is 55.6 Å². The smallest absolute Gasteiger partial charge is 0.338 e. The molecule has 2 aromatic carbocycles. The zero-order valence-electron chi connectivity index (χ0n) is 18.0. The van der Waals surface area contributed by atoms with Crippen molar-refractivity contribution in [2.75, 3.05) is 11.5 Å². The van der Waals surface area contributed by atoms with Gasteiger partial charge in [-0.1, -0.05) is 30.0 Å². The fourth-order valence-electron chi connectivity index (χ4n) is 3.65. The number of fused-ring (bicyclic) bond motifs is 2. The normalized spacial score (nSPS) is 12.8. The van der Waals surface area contributed by atoms with E-state index in [9.17, 15) is 9.59 Å². The Morgan fingerprint density at radius 1 is 1.12 bits per heavy atom. The third kappa shape index (κ3) is 4.07. The van der Waals surface area contributed by atoms with Crippen LogP contribution in [0.1, 0.15) is 39.1 Å². The van der Waals surface area contributed by atoms with Gasteiger partial charge in [0.15, 0.2) is 0 Å². The number of aryl methyl sites for hydroxylation is 1. The number of ether oxygens (including phenoxy) is 1. The number of rotatable bonds is 5. The van der Waals surface area contributed by atoms with Gasteiger partial charge in [0, 0.05) is 9.79 Å². The van der Waals surface area contributed by atoms with Gasteiger partial charge >= 0.3 is 5.97 Å². The molecule has 0 fully saturated rings. The van der Waals surface area contributed by atoms with E-state index in [-0.39, 0.29) is 19.1 Å². The second kappa shape index (κ2) is 8.88. The molecule has 0 aliphatic carbocycles. The molecule has 2 aromatic heterocycles. The van der Waals surface area contributed by atoms with E-state index in [1.807, 2.05) is 54.8 Å². The molecule has 33 heavy (non-hydrogen) atoms. The molecule has 0 atom stereocenters. The molecule has 6 nitrogen and oxygen atoms in total. The van der Waals surface area contributed by atoms with Gasteiger partial charge in [-0.2, -0.15) is 0 Å². The molecule has 0 N–H and O–H groups in total. The van der Waals surface area contributed by atoms with E-state index < -0.39 is 5.97 Å². The van der Waals surface area contributed by atoms with Crippen molar-refractivity contribution in [3.63, 3.8) is 0 Å². The molecule has 0 radical (unpaired) electrons. The Morgan fingerprint density at radius 3 is 2.76 bits per heavy atom. The number of benzene rings is 2. The fraction of sp³-hybridized carbons (Fsp3) is 0.160. The summed E-state index contributed by atoms with van der Waals surface area (Å²) in [5.41, 5.74) is 2.32. The number of aromatic nitrogens is 1. The highest BCUT2D eigenvalue weighted by Gasteiger charge is 2.30. The number of oxazole rings is 1. The number of esters is 1. The van der Waals surface area contributed by atoms with Crippen LogP contribution in [0.15, 0.2) is 74.2 Å². The third-order valence-corrected chi connectivity index (χ3v) is 7.27. The second-order valence-electron chi connectivity index (χ2n) is 7.39. The fourth-order valence-corrected chi connectivity index (χ4v) is 5.36. The average Bonchev–Trinajstić information content (AvgIpc) is 3.45. The third-order valence-electron chi connectivity index (χ3n) is 5.28. The Hall–Kier alpha value is -3.36. The lowest BCUT2D eigenvalue weighted by molar-refractivity contribution is 0.0526. The molecule has 1 amide bonds. The van der Waals surface area contributed by atoms with Crippen molar-refractivity contribution in [1.29, 1.82) is 0 Å². The number of hydrogen-bond donors (Lipinski definition) is 0. The number of carbonyl (C=O) groups is 2. The predicted octanol–water partition coefficient (Wildman–Crippen LogP) is 6.20. The summed E-state index contributed by atoms with van der Waals surface area (Å²) < 4.78 is 11.1. The summed E-state index contributed by atoms with van der Waals surface area (Å²) in [7, 11) is 0. The standard InChI is InChI=1S/C25H20N2O4S2/c1-3-30-25(29)16-10-11-21-19(13-16)27(24(28)17-7-4-5-8-20(17)33-21)14-18-15(2)31-23(26-18)22-9-6-12-32-22/h4-13H,3,14H2,1-2H3. The molecule has 1 aliphatic rings. The molecule has 0 saturated carbocycles. The Bertz CT molecular complexity index is 1340. The van der Waals surface area contributed by atoms with E-state index in [0.717, 1.165) is 14.7 Å². The van der Waals surface area contributed by atoms with Gasteiger partial charge in [-0.15, -0.1) is 11.3 Å². The van der Waals surface area contributed by atoms with Gasteiger partial charge in [-0.3, -0.25) is 4.79 Å². The highest BCUT2D eigenvalue weighted by atomic mass is 32.2. The quantitative estimate of drug-likeness (QED) is 0.319. The van der Waals surface area contributed by atoms with Crippen LogP contribution in [0, 0.1) is 6.92 Å². The Labute approximate surface area is 199 Å². The average molecular weight is 477 g/mol. The van der Waals surface area contributed by atoms with Crippen LogP contribution in [-0.4, -0.2) is 23.5 Å². The van der Waals surface area contributed by atoms with Crippen LogP contribution in [0.2, 0.25) is 0 Å². The van der Waals surface area contributed by atoms with Crippen LogP contribution >= 0.6 is 23.1 Å². The zero-order chi connectivity index (χ0) is 22.9. The van der Waals surface area contributed by atoms with E-state index in [4.69, 9.17) is 9.15 Å². The summed E-state index contributed by atoms with van der Waals surface area (Å²) in [5, 5.41) is 1.97. The first-order chi connectivity index (χ1) is 16.0. The van der Waals surface area contributed by atoms with Gasteiger partial charge in [0.1, 0.15) is 11.5 Å². The first-order valence-electron chi connectivity index (χ1n) is 10.4. The maximum Gasteiger partial charge on any atom is 0.338 e. The molecule has 3 heterocycles. The van der Waals surface area contributed by atoms with E-state index in [0.29, 0.717) is 34.2 Å². The number of thiophene rings is 1. The molecule has 8 heteroatoms. The van der Waals surface area contributed by atoms with Gasteiger partial charge in [0.05, 0.1) is 34.8 Å². The Morgan fingerprint density at radius 2 is 1.97 bits per heavy atom. The zero-order valence-corrected chi connectivity index (χ0v) is 19.7. The molecule has 4 aromatic rings. The monoisotopic (exact) mass is 476 g/mol. The summed E-state index contributed by atoms with van der Waals surface area (Å²) in [4.78, 5) is 35.1. The topological polar surface area (TPSA) is 72.6 Å². The number of carbonyl (C=O) groups excluding carboxylic acids is 2. The molecular formula is C25H20N2O4S2. The van der Waals surface area contributed by atoms with Gasteiger partial charge in [0.2, 0.25) is 5.89 Å². The van der Waals surface area contributed by atoms with Crippen molar-refractivity contribution in [3.05, 3.63) is 82.6 Å². The first-order valence-corrected chi connectivity index (χ1v) is 12.1. The van der Waals surface area contributed by atoms with Crippen LogP contribution in [0.5, 0.6) is 0 Å². The number of anilines is 1. The van der Waals surface area contributed by atoms with Crippen LogP contribution in [-0.2, 0) is 11.3 Å². The first kappa shape index (κ1) is 21.5. The highest BCUT2D eigenvalue weighted by molar-refractivity contribution is 7.99. The molecule has 166 valence electrons. The van der Waals surface area contributed by atoms with Crippen molar-refractivity contribution < 1.29 is 18.7 Å². The maximum atomic E-state index is 13.7. The van der Waals surface area contributed by atoms with Crippen molar-refractivity contribution in [2.24, 2.45) is 0 Å². The summed E-state index contributed by atoms with van der Waals surface area (Å²) in [5.74, 6) is 0.615. The van der Waals surface area contributed by atoms with Crippen molar-refractivity contribution in [2.45, 2.75) is 30.2 Å². The maximum absolute atomic E-state index is 13.7. The van der Waals surface area contributed by atoms with Crippen molar-refractivity contribution >= 4 is 40.7 Å². The van der Waals surface area contributed by atoms with Crippen LogP contribution in [0.4, 0.5) is 5.69 Å². The molecule has 5 rings (SSSR count). The van der Waals surface area contributed by atoms with Crippen LogP contribution in [0.3, 0.4) is 0 Å². The predicted molar refractivity (Wildman–Crippen MR) is 128 cm³/mol. The second-order valence-corrected chi connectivity index (χ2v) is 9.42. The van der Waals surface area contributed by atoms with Gasteiger partial charge < -0.3 is 14.1 Å². The number of hydrogen-bond acceptors (Lipinski definition) is 7. The van der Waals surface area contributed by atoms with Gasteiger partial charge in [0.25, 0.3) is 5.91 Å². The van der Waals surface area contributed by atoms with Gasteiger partial charge in [-0.25, -0.2) is 9.78 Å². The van der Waals surface area contributed by atoms with E-state index in [1.54, 1.807) is 35.3 Å². The lowest BCUT2D eigenvalue weighted by Gasteiger charge is -2.23. The summed E-state index contributed by atoms with van der Waals surface area (Å²) in [6.07, 6.45) is 0. The molecule has 1 aliphatic heterocycles. The number of nitrogens with zero attached hydrogens (tertiary/aromatic N) is 2. The van der Waals surface area contributed by atoms with Crippen molar-refractivity contribution in [1.82, 2.24) is 4.98 Å². The van der Waals surface area contributed by atoms with E-state index in [2.05, 4.69) is 4.98 Å². The molecule has 0 unspecified atom stereocenters. The number of amides is 1. The largest absolute Gasteiger partial charge is 0.462 e.